The molecule has 108 valence electrons. The van der Waals surface area contributed by atoms with Gasteiger partial charge < -0.3 is 15.1 Å². The van der Waals surface area contributed by atoms with Gasteiger partial charge in [0.25, 0.3) is 5.91 Å². The summed E-state index contributed by atoms with van der Waals surface area (Å²) < 4.78 is 4.96. The van der Waals surface area contributed by atoms with Crippen LogP contribution in [-0.2, 0) is 17.6 Å². The minimum atomic E-state index is -0.384. The second-order valence-electron chi connectivity index (χ2n) is 5.10. The molecule has 1 aliphatic rings. The molecule has 1 aliphatic carbocycles. The summed E-state index contributed by atoms with van der Waals surface area (Å²) in [5.41, 5.74) is 2.56. The van der Waals surface area contributed by atoms with Crippen molar-refractivity contribution in [1.29, 1.82) is 0 Å². The van der Waals surface area contributed by atoms with Gasteiger partial charge in [0, 0.05) is 6.04 Å². The average molecular weight is 284 g/mol. The van der Waals surface area contributed by atoms with Gasteiger partial charge in [-0.3, -0.25) is 9.59 Å². The van der Waals surface area contributed by atoms with Gasteiger partial charge in [-0.25, -0.2) is 0 Å². The quantitative estimate of drug-likeness (QED) is 0.888. The fourth-order valence-corrected chi connectivity index (χ4v) is 2.60. The third-order valence-electron chi connectivity index (χ3n) is 3.57. The Morgan fingerprint density at radius 2 is 1.81 bits per heavy atom. The third kappa shape index (κ3) is 3.13. The van der Waals surface area contributed by atoms with Gasteiger partial charge in [-0.15, -0.1) is 0 Å². The number of hydrogen-bond donors (Lipinski definition) is 2. The van der Waals surface area contributed by atoms with E-state index in [1.807, 2.05) is 12.1 Å². The molecule has 2 aromatic rings. The molecule has 0 bridgehead atoms. The summed E-state index contributed by atoms with van der Waals surface area (Å²) in [5.74, 6) is -0.367. The van der Waals surface area contributed by atoms with E-state index in [0.717, 1.165) is 12.8 Å². The molecule has 3 rings (SSSR count). The zero-order valence-corrected chi connectivity index (χ0v) is 11.5. The van der Waals surface area contributed by atoms with E-state index in [9.17, 15) is 9.59 Å². The number of hydrogen-bond acceptors (Lipinski definition) is 3. The summed E-state index contributed by atoms with van der Waals surface area (Å²) in [6.45, 7) is -0.0492. The molecule has 21 heavy (non-hydrogen) atoms. The van der Waals surface area contributed by atoms with E-state index in [1.165, 1.54) is 17.4 Å². The molecule has 5 heteroatoms. The Balaban J connectivity index is 1.47. The topological polar surface area (TPSA) is 71.3 Å². The molecule has 0 fully saturated rings. The Bertz CT molecular complexity index is 624. The maximum absolute atomic E-state index is 11.9. The van der Waals surface area contributed by atoms with Crippen LogP contribution in [0.2, 0.25) is 0 Å². The summed E-state index contributed by atoms with van der Waals surface area (Å²) in [7, 11) is 0. The molecule has 0 saturated carbocycles. The number of carbonyl (C=O) groups is 2. The number of furan rings is 1. The van der Waals surface area contributed by atoms with E-state index in [-0.39, 0.29) is 30.2 Å². The predicted octanol–water partition coefficient (Wildman–Crippen LogP) is 1.29. The Labute approximate surface area is 122 Å². The van der Waals surface area contributed by atoms with Crippen LogP contribution < -0.4 is 10.6 Å². The standard InChI is InChI=1S/C16H16N2O3/c19-15(10-17-16(20)14-6-3-7-21-14)18-13-8-11-4-1-2-5-12(11)9-13/h1-7,13H,8-10H2,(H,17,20)(H,18,19). The maximum atomic E-state index is 11.9. The molecule has 1 heterocycles. The third-order valence-corrected chi connectivity index (χ3v) is 3.57. The summed E-state index contributed by atoms with van der Waals surface area (Å²) in [6.07, 6.45) is 3.10. The van der Waals surface area contributed by atoms with Crippen LogP contribution in [-0.4, -0.2) is 24.4 Å². The second-order valence-corrected chi connectivity index (χ2v) is 5.10. The molecule has 0 aliphatic heterocycles. The normalized spacial score (nSPS) is 13.7. The van der Waals surface area contributed by atoms with Crippen LogP contribution in [0.15, 0.2) is 47.1 Å². The smallest absolute Gasteiger partial charge is 0.287 e. The van der Waals surface area contributed by atoms with Crippen molar-refractivity contribution in [3.63, 3.8) is 0 Å². The van der Waals surface area contributed by atoms with Crippen molar-refractivity contribution >= 4 is 11.8 Å². The Morgan fingerprint density at radius 3 is 2.43 bits per heavy atom. The summed E-state index contributed by atoms with van der Waals surface area (Å²) in [5, 5.41) is 5.48. The largest absolute Gasteiger partial charge is 0.459 e. The van der Waals surface area contributed by atoms with Crippen LogP contribution in [0.3, 0.4) is 0 Å². The highest BCUT2D eigenvalue weighted by Gasteiger charge is 2.22. The van der Waals surface area contributed by atoms with Crippen molar-refractivity contribution in [3.05, 3.63) is 59.5 Å². The van der Waals surface area contributed by atoms with Crippen molar-refractivity contribution in [2.75, 3.05) is 6.54 Å². The molecule has 1 aromatic heterocycles. The second kappa shape index (κ2) is 5.83. The molecule has 5 nitrogen and oxygen atoms in total. The van der Waals surface area contributed by atoms with Gasteiger partial charge in [-0.05, 0) is 36.1 Å². The number of rotatable bonds is 4. The number of carbonyl (C=O) groups excluding carboxylic acids is 2. The SMILES string of the molecule is O=C(CNC(=O)c1ccco1)NC1Cc2ccccc2C1. The van der Waals surface area contributed by atoms with E-state index in [4.69, 9.17) is 4.42 Å². The molecule has 0 atom stereocenters. The Kier molecular flexibility index (Phi) is 3.73. The number of nitrogens with one attached hydrogen (secondary N) is 2. The fraction of sp³-hybridized carbons (Fsp3) is 0.250. The van der Waals surface area contributed by atoms with Gasteiger partial charge in [-0.1, -0.05) is 24.3 Å². The van der Waals surface area contributed by atoms with E-state index >= 15 is 0 Å². The molecule has 1 aromatic carbocycles. The summed E-state index contributed by atoms with van der Waals surface area (Å²) in [6, 6.07) is 11.5. The zero-order chi connectivity index (χ0) is 14.7. The lowest BCUT2D eigenvalue weighted by atomic mass is 10.1. The molecule has 2 N–H and O–H groups in total. The molecule has 0 radical (unpaired) electrons. The monoisotopic (exact) mass is 284 g/mol. The first-order valence-corrected chi connectivity index (χ1v) is 6.90. The predicted molar refractivity (Wildman–Crippen MR) is 76.8 cm³/mol. The van der Waals surface area contributed by atoms with Gasteiger partial charge in [0.15, 0.2) is 5.76 Å². The van der Waals surface area contributed by atoms with Crippen LogP contribution in [0, 0.1) is 0 Å². The average Bonchev–Trinajstić information content (AvgIpc) is 3.13. The number of amides is 2. The van der Waals surface area contributed by atoms with E-state index in [1.54, 1.807) is 12.1 Å². The van der Waals surface area contributed by atoms with E-state index in [2.05, 4.69) is 22.8 Å². The van der Waals surface area contributed by atoms with Crippen molar-refractivity contribution in [2.24, 2.45) is 0 Å². The first-order chi connectivity index (χ1) is 10.2. The van der Waals surface area contributed by atoms with Crippen molar-refractivity contribution in [2.45, 2.75) is 18.9 Å². The Hall–Kier alpha value is -2.56. The summed E-state index contributed by atoms with van der Waals surface area (Å²) >= 11 is 0. The first-order valence-electron chi connectivity index (χ1n) is 6.90. The molecule has 0 saturated heterocycles. The van der Waals surface area contributed by atoms with E-state index < -0.39 is 0 Å². The number of benzene rings is 1. The minimum absolute atomic E-state index is 0.0492. The molecular formula is C16H16N2O3. The lowest BCUT2D eigenvalue weighted by Gasteiger charge is -2.12. The molecule has 2 amide bonds. The highest BCUT2D eigenvalue weighted by molar-refractivity contribution is 5.94. The molecule has 0 unspecified atom stereocenters. The highest BCUT2D eigenvalue weighted by Crippen LogP contribution is 2.21. The zero-order valence-electron chi connectivity index (χ0n) is 11.5. The van der Waals surface area contributed by atoms with Crippen LogP contribution in [0.5, 0.6) is 0 Å². The van der Waals surface area contributed by atoms with Gasteiger partial charge in [0.1, 0.15) is 0 Å². The van der Waals surface area contributed by atoms with Crippen LogP contribution in [0.1, 0.15) is 21.7 Å². The number of fused-ring (bicyclic) bond motifs is 1. The van der Waals surface area contributed by atoms with Crippen molar-refractivity contribution in [1.82, 2.24) is 10.6 Å². The van der Waals surface area contributed by atoms with Gasteiger partial charge in [0.05, 0.1) is 12.8 Å². The van der Waals surface area contributed by atoms with Crippen LogP contribution in [0.25, 0.3) is 0 Å². The minimum Gasteiger partial charge on any atom is -0.459 e. The van der Waals surface area contributed by atoms with Crippen molar-refractivity contribution < 1.29 is 14.0 Å². The summed E-state index contributed by atoms with van der Waals surface area (Å²) in [4.78, 5) is 23.5. The lowest BCUT2D eigenvalue weighted by molar-refractivity contribution is -0.120. The van der Waals surface area contributed by atoms with Gasteiger partial charge in [-0.2, -0.15) is 0 Å². The highest BCUT2D eigenvalue weighted by atomic mass is 16.3. The molecule has 0 spiro atoms. The van der Waals surface area contributed by atoms with Crippen LogP contribution >= 0.6 is 0 Å². The Morgan fingerprint density at radius 1 is 1.10 bits per heavy atom. The lowest BCUT2D eigenvalue weighted by Crippen LogP contribution is -2.42. The van der Waals surface area contributed by atoms with E-state index in [0.29, 0.717) is 0 Å². The first kappa shape index (κ1) is 13.4. The van der Waals surface area contributed by atoms with Gasteiger partial charge >= 0.3 is 0 Å². The van der Waals surface area contributed by atoms with Crippen LogP contribution in [0.4, 0.5) is 0 Å². The van der Waals surface area contributed by atoms with Gasteiger partial charge in [0.2, 0.25) is 5.91 Å². The fourth-order valence-electron chi connectivity index (χ4n) is 2.60. The molecular weight excluding hydrogens is 268 g/mol. The van der Waals surface area contributed by atoms with Crippen molar-refractivity contribution in [3.8, 4) is 0 Å². The maximum Gasteiger partial charge on any atom is 0.287 e.